The molecule has 1 saturated heterocycles. The van der Waals surface area contributed by atoms with Crippen molar-refractivity contribution in [2.24, 2.45) is 5.92 Å². The van der Waals surface area contributed by atoms with Crippen LogP contribution in [0.2, 0.25) is 5.02 Å². The molecule has 0 nitrogen and oxygen atoms in total. The lowest BCUT2D eigenvalue weighted by atomic mass is 9.98. The van der Waals surface area contributed by atoms with E-state index in [0.717, 1.165) is 17.2 Å². The van der Waals surface area contributed by atoms with Crippen LogP contribution in [0, 0.1) is 12.8 Å². The Bertz CT molecular complexity index is 351. The van der Waals surface area contributed by atoms with E-state index in [4.69, 9.17) is 23.2 Å². The van der Waals surface area contributed by atoms with E-state index in [1.807, 2.05) is 17.8 Å². The Kier molecular flexibility index (Phi) is 3.87. The van der Waals surface area contributed by atoms with Gasteiger partial charge in [-0.05, 0) is 42.2 Å². The molecule has 0 spiro atoms. The zero-order valence-electron chi connectivity index (χ0n) is 8.67. The molecule has 0 saturated carbocycles. The van der Waals surface area contributed by atoms with Crippen LogP contribution in [-0.2, 0) is 6.42 Å². The van der Waals surface area contributed by atoms with Gasteiger partial charge in [0.2, 0.25) is 0 Å². The van der Waals surface area contributed by atoms with Gasteiger partial charge in [-0.3, -0.25) is 0 Å². The standard InChI is InChI=1S/C12H14Cl2S/c1-8-2-3-9(11(13)4-8)5-10-6-15-7-12(10)14/h2-4,10,12H,5-7H2,1H3. The average Bonchev–Trinajstić information content (AvgIpc) is 2.57. The third kappa shape index (κ3) is 2.83. The molecule has 1 aliphatic rings. The highest BCUT2D eigenvalue weighted by Crippen LogP contribution is 2.32. The fraction of sp³-hybridized carbons (Fsp3) is 0.500. The number of halogens is 2. The average molecular weight is 261 g/mol. The molecule has 1 aromatic carbocycles. The molecule has 0 aliphatic carbocycles. The minimum Gasteiger partial charge on any atom is -0.160 e. The highest BCUT2D eigenvalue weighted by atomic mass is 35.5. The molecule has 2 unspecified atom stereocenters. The Morgan fingerprint density at radius 1 is 1.40 bits per heavy atom. The number of alkyl halides is 1. The van der Waals surface area contributed by atoms with Crippen molar-refractivity contribution in [1.82, 2.24) is 0 Å². The molecule has 3 heteroatoms. The molecule has 0 aromatic heterocycles. The predicted molar refractivity (Wildman–Crippen MR) is 70.3 cm³/mol. The molecule has 82 valence electrons. The topological polar surface area (TPSA) is 0 Å². The summed E-state index contributed by atoms with van der Waals surface area (Å²) < 4.78 is 0. The van der Waals surface area contributed by atoms with Gasteiger partial charge in [0.25, 0.3) is 0 Å². The van der Waals surface area contributed by atoms with Gasteiger partial charge in [-0.15, -0.1) is 11.6 Å². The molecule has 0 bridgehead atoms. The molecular formula is C12H14Cl2S. The van der Waals surface area contributed by atoms with Crippen LogP contribution in [0.1, 0.15) is 11.1 Å². The highest BCUT2D eigenvalue weighted by Gasteiger charge is 2.26. The van der Waals surface area contributed by atoms with Gasteiger partial charge in [0.05, 0.1) is 0 Å². The zero-order valence-corrected chi connectivity index (χ0v) is 11.0. The smallest absolute Gasteiger partial charge is 0.0465 e. The first-order chi connectivity index (χ1) is 7.16. The first-order valence-corrected chi connectivity index (χ1v) is 7.10. The summed E-state index contributed by atoms with van der Waals surface area (Å²) in [6.45, 7) is 2.06. The molecule has 0 radical (unpaired) electrons. The van der Waals surface area contributed by atoms with E-state index in [9.17, 15) is 0 Å². The molecule has 1 fully saturated rings. The van der Waals surface area contributed by atoms with Crippen LogP contribution in [0.15, 0.2) is 18.2 Å². The maximum Gasteiger partial charge on any atom is 0.0465 e. The van der Waals surface area contributed by atoms with Crippen LogP contribution in [-0.4, -0.2) is 16.9 Å². The van der Waals surface area contributed by atoms with Gasteiger partial charge in [0.1, 0.15) is 0 Å². The van der Waals surface area contributed by atoms with Crippen LogP contribution in [0.3, 0.4) is 0 Å². The zero-order chi connectivity index (χ0) is 10.8. The maximum atomic E-state index is 6.25. The van der Waals surface area contributed by atoms with Crippen molar-refractivity contribution in [1.29, 1.82) is 0 Å². The number of rotatable bonds is 2. The summed E-state index contributed by atoms with van der Waals surface area (Å²) in [6.07, 6.45) is 1.01. The summed E-state index contributed by atoms with van der Waals surface area (Å²) >= 11 is 14.4. The molecule has 2 atom stereocenters. The van der Waals surface area contributed by atoms with Crippen LogP contribution in [0.4, 0.5) is 0 Å². The van der Waals surface area contributed by atoms with E-state index in [2.05, 4.69) is 19.1 Å². The third-order valence-electron chi connectivity index (χ3n) is 2.81. The first kappa shape index (κ1) is 11.6. The fourth-order valence-corrected chi connectivity index (χ4v) is 4.01. The van der Waals surface area contributed by atoms with Gasteiger partial charge in [0.15, 0.2) is 0 Å². The Morgan fingerprint density at radius 3 is 2.80 bits per heavy atom. The second kappa shape index (κ2) is 4.99. The van der Waals surface area contributed by atoms with E-state index in [0.29, 0.717) is 11.3 Å². The Balaban J connectivity index is 2.10. The van der Waals surface area contributed by atoms with Crippen molar-refractivity contribution >= 4 is 35.0 Å². The van der Waals surface area contributed by atoms with Gasteiger partial charge in [-0.25, -0.2) is 0 Å². The second-order valence-corrected chi connectivity index (χ2v) is 6.16. The number of thioether (sulfide) groups is 1. The normalized spacial score (nSPS) is 25.8. The molecule has 1 aliphatic heterocycles. The van der Waals surface area contributed by atoms with Gasteiger partial charge >= 0.3 is 0 Å². The lowest BCUT2D eigenvalue weighted by molar-refractivity contribution is 0.603. The van der Waals surface area contributed by atoms with Crippen LogP contribution >= 0.6 is 35.0 Å². The van der Waals surface area contributed by atoms with Crippen molar-refractivity contribution in [3.63, 3.8) is 0 Å². The number of hydrogen-bond donors (Lipinski definition) is 0. The Hall–Kier alpha value is 0.150. The minimum absolute atomic E-state index is 0.312. The lowest BCUT2D eigenvalue weighted by Gasteiger charge is -2.13. The van der Waals surface area contributed by atoms with Crippen molar-refractivity contribution < 1.29 is 0 Å². The summed E-state index contributed by atoms with van der Waals surface area (Å²) in [5, 5.41) is 1.20. The third-order valence-corrected chi connectivity index (χ3v) is 5.12. The van der Waals surface area contributed by atoms with Crippen LogP contribution < -0.4 is 0 Å². The second-order valence-electron chi connectivity index (χ2n) is 4.11. The van der Waals surface area contributed by atoms with Crippen molar-refractivity contribution in [2.75, 3.05) is 11.5 Å². The van der Waals surface area contributed by atoms with E-state index in [-0.39, 0.29) is 0 Å². The number of hydrogen-bond acceptors (Lipinski definition) is 1. The van der Waals surface area contributed by atoms with Crippen LogP contribution in [0.25, 0.3) is 0 Å². The molecule has 0 N–H and O–H groups in total. The fourth-order valence-electron chi connectivity index (χ4n) is 1.86. The molecule has 1 heterocycles. The van der Waals surface area contributed by atoms with E-state index >= 15 is 0 Å². The first-order valence-electron chi connectivity index (χ1n) is 5.13. The minimum atomic E-state index is 0.312. The summed E-state index contributed by atoms with van der Waals surface area (Å²) in [7, 11) is 0. The number of aryl methyl sites for hydroxylation is 1. The summed E-state index contributed by atoms with van der Waals surface area (Å²) in [5.74, 6) is 2.82. The largest absolute Gasteiger partial charge is 0.160 e. The summed E-state index contributed by atoms with van der Waals surface area (Å²) in [4.78, 5) is 0. The number of benzene rings is 1. The molecular weight excluding hydrogens is 247 g/mol. The highest BCUT2D eigenvalue weighted by molar-refractivity contribution is 7.99. The molecule has 15 heavy (non-hydrogen) atoms. The SMILES string of the molecule is Cc1ccc(CC2CSCC2Cl)c(Cl)c1. The van der Waals surface area contributed by atoms with Crippen molar-refractivity contribution in [3.8, 4) is 0 Å². The monoisotopic (exact) mass is 260 g/mol. The maximum absolute atomic E-state index is 6.25. The Morgan fingerprint density at radius 2 is 2.20 bits per heavy atom. The van der Waals surface area contributed by atoms with E-state index in [1.54, 1.807) is 0 Å². The molecule has 0 amide bonds. The van der Waals surface area contributed by atoms with E-state index in [1.165, 1.54) is 16.9 Å². The van der Waals surface area contributed by atoms with Gasteiger partial charge in [-0.2, -0.15) is 11.8 Å². The lowest BCUT2D eigenvalue weighted by Crippen LogP contribution is -2.14. The summed E-state index contributed by atoms with van der Waals surface area (Å²) in [6, 6.07) is 6.28. The van der Waals surface area contributed by atoms with Gasteiger partial charge < -0.3 is 0 Å². The molecule has 1 aromatic rings. The predicted octanol–water partition coefficient (Wildman–Crippen LogP) is 4.16. The van der Waals surface area contributed by atoms with Gasteiger partial charge in [0, 0.05) is 16.2 Å². The van der Waals surface area contributed by atoms with E-state index < -0.39 is 0 Å². The van der Waals surface area contributed by atoms with Gasteiger partial charge in [-0.1, -0.05) is 23.7 Å². The quantitative estimate of drug-likeness (QED) is 0.720. The van der Waals surface area contributed by atoms with Crippen molar-refractivity contribution in [2.45, 2.75) is 18.7 Å². The van der Waals surface area contributed by atoms with Crippen LogP contribution in [0.5, 0.6) is 0 Å². The van der Waals surface area contributed by atoms with Crippen molar-refractivity contribution in [3.05, 3.63) is 34.3 Å². The molecule has 2 rings (SSSR count). The summed E-state index contributed by atoms with van der Waals surface area (Å²) in [5.41, 5.74) is 2.45. The Labute approximate surface area is 105 Å².